The molecule has 0 aromatic heterocycles. The number of aliphatic carboxylic acids is 2. The van der Waals surface area contributed by atoms with Crippen LogP contribution >= 0.6 is 0 Å². The van der Waals surface area contributed by atoms with Gasteiger partial charge < -0.3 is 25.0 Å². The van der Waals surface area contributed by atoms with Gasteiger partial charge in [0.15, 0.2) is 0 Å². The monoisotopic (exact) mass is 365 g/mol. The first kappa shape index (κ1) is 20.9. The number of methoxy groups -OCH3 is 2. The Hall–Kier alpha value is -3.13. The molecule has 0 aliphatic rings. The Morgan fingerprint density at radius 2 is 1.50 bits per heavy atom. The van der Waals surface area contributed by atoms with Crippen LogP contribution in [0.5, 0.6) is 11.5 Å². The van der Waals surface area contributed by atoms with E-state index in [0.29, 0.717) is 18.7 Å². The summed E-state index contributed by atoms with van der Waals surface area (Å²) in [5.41, 5.74) is 1.68. The summed E-state index contributed by atoms with van der Waals surface area (Å²) in [6.45, 7) is 1.09. The molecule has 8 heteroatoms. The Morgan fingerprint density at radius 1 is 0.962 bits per heavy atom. The van der Waals surface area contributed by atoms with Crippen molar-refractivity contribution in [3.8, 4) is 11.5 Å². The minimum atomic E-state index is -1.82. The Kier molecular flexibility index (Phi) is 8.59. The first-order chi connectivity index (χ1) is 12.4. The van der Waals surface area contributed by atoms with Gasteiger partial charge in [-0.3, -0.25) is 0 Å². The van der Waals surface area contributed by atoms with Gasteiger partial charge in [-0.05, 0) is 23.8 Å². The number of rotatable bonds is 6. The smallest absolute Gasteiger partial charge is 0.414 e. The molecule has 0 aliphatic heterocycles. The van der Waals surface area contributed by atoms with Crippen LogP contribution in [0.3, 0.4) is 0 Å². The van der Waals surface area contributed by atoms with E-state index < -0.39 is 11.9 Å². The molecule has 0 heterocycles. The molecule has 26 heavy (non-hydrogen) atoms. The molecule has 0 atom stereocenters. The minimum Gasteiger partial charge on any atom is -0.497 e. The van der Waals surface area contributed by atoms with Crippen LogP contribution < -0.4 is 14.8 Å². The van der Waals surface area contributed by atoms with Gasteiger partial charge in [0.2, 0.25) is 0 Å². The maximum Gasteiger partial charge on any atom is 0.414 e. The molecule has 140 valence electrons. The molecular weight excluding hydrogens is 345 g/mol. The third kappa shape index (κ3) is 7.18. The number of hydrogen-bond acceptors (Lipinski definition) is 5. The largest absolute Gasteiger partial charge is 0.497 e. The van der Waals surface area contributed by atoms with E-state index in [1.165, 1.54) is 6.07 Å². The summed E-state index contributed by atoms with van der Waals surface area (Å²) < 4.78 is 23.9. The molecule has 0 amide bonds. The molecule has 7 nitrogen and oxygen atoms in total. The number of carbonyl (C=O) groups is 2. The molecule has 2 rings (SSSR count). The van der Waals surface area contributed by atoms with Crippen molar-refractivity contribution in [2.45, 2.75) is 13.1 Å². The summed E-state index contributed by atoms with van der Waals surface area (Å²) in [4.78, 5) is 18.2. The Labute approximate surface area is 150 Å². The highest BCUT2D eigenvalue weighted by molar-refractivity contribution is 6.27. The van der Waals surface area contributed by atoms with Gasteiger partial charge in [-0.2, -0.15) is 0 Å². The minimum absolute atomic E-state index is 0.191. The molecule has 0 saturated heterocycles. The molecule has 3 N–H and O–H groups in total. The van der Waals surface area contributed by atoms with Crippen molar-refractivity contribution in [3.63, 3.8) is 0 Å². The number of ether oxygens (including phenoxy) is 2. The number of carboxylic acids is 2. The Morgan fingerprint density at radius 3 is 1.96 bits per heavy atom. The summed E-state index contributed by atoms with van der Waals surface area (Å²) in [5, 5.41) is 18.0. The maximum absolute atomic E-state index is 13.5. The lowest BCUT2D eigenvalue weighted by Crippen LogP contribution is -2.13. The highest BCUT2D eigenvalue weighted by Gasteiger charge is 2.04. The fourth-order valence-corrected chi connectivity index (χ4v) is 1.95. The number of nitrogens with one attached hydrogen (secondary N) is 1. The third-order valence-electron chi connectivity index (χ3n) is 3.20. The molecule has 2 aromatic carbocycles. The summed E-state index contributed by atoms with van der Waals surface area (Å²) in [7, 11) is 3.23. The summed E-state index contributed by atoms with van der Waals surface area (Å²) in [6, 6.07) is 12.4. The molecular formula is C18H20FNO6. The van der Waals surface area contributed by atoms with E-state index in [1.54, 1.807) is 26.4 Å². The fourth-order valence-electron chi connectivity index (χ4n) is 1.95. The SMILES string of the molecule is COc1cc(CNCc2ccccc2F)cc(OC)c1.O=C(O)C(=O)O. The summed E-state index contributed by atoms with van der Waals surface area (Å²) in [6.07, 6.45) is 0. The second-order valence-corrected chi connectivity index (χ2v) is 5.03. The Bertz CT molecular complexity index is 716. The standard InChI is InChI=1S/C16H18FNO2.C2H2O4/c1-19-14-7-12(8-15(9-14)20-2)10-18-11-13-5-3-4-6-16(13)17;3-1(4)2(5)6/h3-9,18H,10-11H2,1-2H3;(H,3,4)(H,5,6). The summed E-state index contributed by atoms with van der Waals surface area (Å²) >= 11 is 0. The molecule has 0 bridgehead atoms. The van der Waals surface area contributed by atoms with Crippen LogP contribution in [0, 0.1) is 5.82 Å². The van der Waals surface area contributed by atoms with Crippen LogP contribution in [0.4, 0.5) is 4.39 Å². The average Bonchev–Trinajstić information content (AvgIpc) is 2.63. The molecule has 0 aliphatic carbocycles. The van der Waals surface area contributed by atoms with Gasteiger partial charge in [0, 0.05) is 24.7 Å². The van der Waals surface area contributed by atoms with E-state index >= 15 is 0 Å². The molecule has 0 saturated carbocycles. The van der Waals surface area contributed by atoms with Crippen LogP contribution in [0.2, 0.25) is 0 Å². The number of carboxylic acid groups (broad SMARTS) is 2. The fraction of sp³-hybridized carbons (Fsp3) is 0.222. The molecule has 0 spiro atoms. The van der Waals surface area contributed by atoms with Gasteiger partial charge in [0.25, 0.3) is 0 Å². The van der Waals surface area contributed by atoms with Crippen molar-refractivity contribution in [1.29, 1.82) is 0 Å². The molecule has 0 unspecified atom stereocenters. The highest BCUT2D eigenvalue weighted by atomic mass is 19.1. The van der Waals surface area contributed by atoms with E-state index in [1.807, 2.05) is 24.3 Å². The zero-order valence-corrected chi connectivity index (χ0v) is 14.4. The molecule has 0 fully saturated rings. The summed E-state index contributed by atoms with van der Waals surface area (Å²) in [5.74, 6) is -2.35. The van der Waals surface area contributed by atoms with Crippen molar-refractivity contribution in [2.75, 3.05) is 14.2 Å². The van der Waals surface area contributed by atoms with Crippen LogP contribution in [-0.4, -0.2) is 36.4 Å². The lowest BCUT2D eigenvalue weighted by Gasteiger charge is -2.10. The van der Waals surface area contributed by atoms with Crippen molar-refractivity contribution in [2.24, 2.45) is 0 Å². The van der Waals surface area contributed by atoms with Crippen LogP contribution in [0.15, 0.2) is 42.5 Å². The van der Waals surface area contributed by atoms with Crippen molar-refractivity contribution < 1.29 is 33.7 Å². The van der Waals surface area contributed by atoms with Crippen molar-refractivity contribution in [3.05, 3.63) is 59.4 Å². The topological polar surface area (TPSA) is 105 Å². The van der Waals surface area contributed by atoms with Gasteiger partial charge in [-0.25, -0.2) is 14.0 Å². The Balaban J connectivity index is 0.000000487. The number of benzene rings is 2. The van der Waals surface area contributed by atoms with E-state index in [2.05, 4.69) is 5.32 Å². The van der Waals surface area contributed by atoms with E-state index in [0.717, 1.165) is 17.1 Å². The first-order valence-electron chi connectivity index (χ1n) is 7.49. The molecule has 0 radical (unpaired) electrons. The maximum atomic E-state index is 13.5. The van der Waals surface area contributed by atoms with E-state index in [9.17, 15) is 4.39 Å². The second kappa shape index (κ2) is 10.7. The highest BCUT2D eigenvalue weighted by Crippen LogP contribution is 2.22. The van der Waals surface area contributed by atoms with Crippen LogP contribution in [-0.2, 0) is 22.7 Å². The normalized spacial score (nSPS) is 9.65. The number of halogens is 1. The van der Waals surface area contributed by atoms with Gasteiger partial charge >= 0.3 is 11.9 Å². The van der Waals surface area contributed by atoms with Gasteiger partial charge in [0.1, 0.15) is 17.3 Å². The van der Waals surface area contributed by atoms with Gasteiger partial charge in [-0.1, -0.05) is 18.2 Å². The van der Waals surface area contributed by atoms with Crippen molar-refractivity contribution in [1.82, 2.24) is 5.32 Å². The van der Waals surface area contributed by atoms with E-state index in [4.69, 9.17) is 29.3 Å². The van der Waals surface area contributed by atoms with Gasteiger partial charge in [-0.15, -0.1) is 0 Å². The molecule has 2 aromatic rings. The third-order valence-corrected chi connectivity index (χ3v) is 3.20. The first-order valence-corrected chi connectivity index (χ1v) is 7.49. The second-order valence-electron chi connectivity index (χ2n) is 5.03. The van der Waals surface area contributed by atoms with Crippen LogP contribution in [0.25, 0.3) is 0 Å². The van der Waals surface area contributed by atoms with E-state index in [-0.39, 0.29) is 5.82 Å². The predicted octanol–water partition coefficient (Wildman–Crippen LogP) is 2.29. The number of hydrogen-bond donors (Lipinski definition) is 3. The predicted molar refractivity (Wildman–Crippen MR) is 91.8 cm³/mol. The van der Waals surface area contributed by atoms with Gasteiger partial charge in [0.05, 0.1) is 14.2 Å². The average molecular weight is 365 g/mol. The zero-order chi connectivity index (χ0) is 19.5. The lowest BCUT2D eigenvalue weighted by molar-refractivity contribution is -0.159. The van der Waals surface area contributed by atoms with Crippen LogP contribution in [0.1, 0.15) is 11.1 Å². The lowest BCUT2D eigenvalue weighted by atomic mass is 10.1. The van der Waals surface area contributed by atoms with Crippen molar-refractivity contribution >= 4 is 11.9 Å². The zero-order valence-electron chi connectivity index (χ0n) is 14.4. The quantitative estimate of drug-likeness (QED) is 0.675.